The maximum absolute atomic E-state index is 12.2. The third kappa shape index (κ3) is 3.85. The highest BCUT2D eigenvalue weighted by molar-refractivity contribution is 7.98. The molecule has 3 rings (SSSR count). The normalized spacial score (nSPS) is 14.0. The summed E-state index contributed by atoms with van der Waals surface area (Å²) < 4.78 is 1.68. The van der Waals surface area contributed by atoms with Gasteiger partial charge in [0.2, 0.25) is 0 Å². The van der Waals surface area contributed by atoms with E-state index in [0.29, 0.717) is 5.82 Å². The number of hydrogen-bond acceptors (Lipinski definition) is 5. The van der Waals surface area contributed by atoms with E-state index < -0.39 is 17.9 Å². The molecule has 7 nitrogen and oxygen atoms in total. The number of amides is 2. The average molecular weight is 360 g/mol. The number of benzene rings is 1. The quantitative estimate of drug-likeness (QED) is 0.716. The number of carbonyl (C=O) groups excluding carboxylic acids is 2. The minimum atomic E-state index is -0.780. The highest BCUT2D eigenvalue weighted by Gasteiger charge is 2.26. The molecule has 2 aromatic rings. The Morgan fingerprint density at radius 2 is 2.16 bits per heavy atom. The number of fused-ring (bicyclic) bond motifs is 1. The molecule has 2 heterocycles. The summed E-state index contributed by atoms with van der Waals surface area (Å²) in [6.07, 6.45) is -0.713. The van der Waals surface area contributed by atoms with E-state index in [2.05, 4.69) is 15.7 Å². The number of thioether (sulfide) groups is 1. The molecule has 25 heavy (non-hydrogen) atoms. The fourth-order valence-electron chi connectivity index (χ4n) is 2.57. The van der Waals surface area contributed by atoms with Crippen molar-refractivity contribution in [2.45, 2.75) is 31.5 Å². The van der Waals surface area contributed by atoms with Gasteiger partial charge < -0.3 is 15.7 Å². The zero-order valence-corrected chi connectivity index (χ0v) is 14.9. The number of nitrogens with one attached hydrogen (secondary N) is 2. The first-order chi connectivity index (χ1) is 12.0. The van der Waals surface area contributed by atoms with Crippen molar-refractivity contribution in [2.24, 2.45) is 0 Å². The number of rotatable bonds is 4. The molecule has 1 aromatic heterocycles. The molecule has 0 aliphatic carbocycles. The van der Waals surface area contributed by atoms with Gasteiger partial charge in [-0.15, -0.1) is 0 Å². The lowest BCUT2D eigenvalue weighted by atomic mass is 10.2. The summed E-state index contributed by atoms with van der Waals surface area (Å²) in [5.41, 5.74) is 3.78. The van der Waals surface area contributed by atoms with Gasteiger partial charge >= 0.3 is 11.8 Å². The Morgan fingerprint density at radius 1 is 1.36 bits per heavy atom. The van der Waals surface area contributed by atoms with Crippen molar-refractivity contribution in [1.29, 1.82) is 0 Å². The van der Waals surface area contributed by atoms with E-state index in [1.807, 2.05) is 31.2 Å². The summed E-state index contributed by atoms with van der Waals surface area (Å²) in [5.74, 6) is 0.506. The third-order valence-electron chi connectivity index (χ3n) is 3.79. The number of aliphatic hydroxyl groups excluding tert-OH is 1. The number of aromatic nitrogens is 2. The largest absolute Gasteiger partial charge is 0.392 e. The standard InChI is InChI=1S/C17H20N4O3S/c1-10-4-3-5-12(6-10)21-15(13-8-25-9-14(13)20-21)19-17(24)16(23)18-7-11(2)22/h3-6,11,22H,7-9H2,1-2H3,(H,18,23)(H,19,24)/t11-/m0/s1. The number of hydrogen-bond donors (Lipinski definition) is 3. The Kier molecular flexibility index (Phi) is 5.10. The second kappa shape index (κ2) is 7.28. The van der Waals surface area contributed by atoms with Crippen LogP contribution in [0.25, 0.3) is 5.69 Å². The van der Waals surface area contributed by atoms with Crippen LogP contribution in [0, 0.1) is 6.92 Å². The van der Waals surface area contributed by atoms with Gasteiger partial charge in [-0.3, -0.25) is 9.59 Å². The van der Waals surface area contributed by atoms with E-state index in [1.165, 1.54) is 6.92 Å². The van der Waals surface area contributed by atoms with Crippen LogP contribution in [0.3, 0.4) is 0 Å². The molecule has 1 aliphatic rings. The molecule has 1 aromatic carbocycles. The Morgan fingerprint density at radius 3 is 2.88 bits per heavy atom. The molecule has 3 N–H and O–H groups in total. The highest BCUT2D eigenvalue weighted by atomic mass is 32.2. The van der Waals surface area contributed by atoms with E-state index in [1.54, 1.807) is 16.4 Å². The summed E-state index contributed by atoms with van der Waals surface area (Å²) in [7, 11) is 0. The van der Waals surface area contributed by atoms with Gasteiger partial charge in [0, 0.05) is 23.6 Å². The van der Waals surface area contributed by atoms with Crippen molar-refractivity contribution in [3.05, 3.63) is 41.1 Å². The molecule has 0 saturated carbocycles. The van der Waals surface area contributed by atoms with Crippen LogP contribution in [0.2, 0.25) is 0 Å². The number of nitrogens with zero attached hydrogens (tertiary/aromatic N) is 2. The lowest BCUT2D eigenvalue weighted by Crippen LogP contribution is -2.39. The van der Waals surface area contributed by atoms with Gasteiger partial charge in [0.05, 0.1) is 17.5 Å². The summed E-state index contributed by atoms with van der Waals surface area (Å²) in [4.78, 5) is 24.1. The van der Waals surface area contributed by atoms with E-state index in [-0.39, 0.29) is 6.54 Å². The van der Waals surface area contributed by atoms with E-state index in [0.717, 1.165) is 34.0 Å². The average Bonchev–Trinajstić information content (AvgIpc) is 3.15. The van der Waals surface area contributed by atoms with Gasteiger partial charge in [-0.05, 0) is 31.5 Å². The molecule has 0 bridgehead atoms. The van der Waals surface area contributed by atoms with Crippen LogP contribution in [0.5, 0.6) is 0 Å². The Balaban J connectivity index is 1.88. The maximum atomic E-state index is 12.2. The summed E-state index contributed by atoms with van der Waals surface area (Å²) in [6.45, 7) is 3.55. The fourth-order valence-corrected chi connectivity index (χ4v) is 3.61. The molecule has 0 unspecified atom stereocenters. The number of aryl methyl sites for hydroxylation is 1. The second-order valence-electron chi connectivity index (χ2n) is 6.03. The second-order valence-corrected chi connectivity index (χ2v) is 7.02. The van der Waals surface area contributed by atoms with Crippen molar-refractivity contribution in [3.63, 3.8) is 0 Å². The van der Waals surface area contributed by atoms with E-state index in [9.17, 15) is 14.7 Å². The van der Waals surface area contributed by atoms with Crippen molar-refractivity contribution in [1.82, 2.24) is 15.1 Å². The van der Waals surface area contributed by atoms with Crippen molar-refractivity contribution >= 4 is 29.4 Å². The van der Waals surface area contributed by atoms with Crippen molar-refractivity contribution in [2.75, 3.05) is 11.9 Å². The molecule has 0 saturated heterocycles. The van der Waals surface area contributed by atoms with Gasteiger partial charge in [-0.25, -0.2) is 4.68 Å². The molecule has 0 spiro atoms. The molecule has 1 aliphatic heterocycles. The van der Waals surface area contributed by atoms with Gasteiger partial charge in [0.1, 0.15) is 5.82 Å². The molecule has 2 amide bonds. The van der Waals surface area contributed by atoms with Gasteiger partial charge in [0.25, 0.3) is 0 Å². The van der Waals surface area contributed by atoms with Gasteiger partial charge in [0.15, 0.2) is 0 Å². The lowest BCUT2D eigenvalue weighted by Gasteiger charge is -2.12. The maximum Gasteiger partial charge on any atom is 0.314 e. The molecule has 0 radical (unpaired) electrons. The van der Waals surface area contributed by atoms with Crippen molar-refractivity contribution < 1.29 is 14.7 Å². The van der Waals surface area contributed by atoms with Crippen LogP contribution in [-0.4, -0.2) is 39.4 Å². The van der Waals surface area contributed by atoms with E-state index >= 15 is 0 Å². The summed E-state index contributed by atoms with van der Waals surface area (Å²) >= 11 is 1.72. The molecule has 132 valence electrons. The molecular formula is C17H20N4O3S. The Labute approximate surface area is 149 Å². The van der Waals surface area contributed by atoms with Crippen LogP contribution in [0.15, 0.2) is 24.3 Å². The zero-order valence-electron chi connectivity index (χ0n) is 14.1. The smallest absolute Gasteiger partial charge is 0.314 e. The topological polar surface area (TPSA) is 96.2 Å². The van der Waals surface area contributed by atoms with Crippen molar-refractivity contribution in [3.8, 4) is 5.69 Å². The van der Waals surface area contributed by atoms with Crippen LogP contribution in [-0.2, 0) is 21.1 Å². The minimum absolute atomic E-state index is 0.0252. The third-order valence-corrected chi connectivity index (χ3v) is 4.76. The predicted molar refractivity (Wildman–Crippen MR) is 96.6 cm³/mol. The zero-order chi connectivity index (χ0) is 18.0. The molecular weight excluding hydrogens is 340 g/mol. The minimum Gasteiger partial charge on any atom is -0.392 e. The fraction of sp³-hybridized carbons (Fsp3) is 0.353. The SMILES string of the molecule is Cc1cccc(-n2nc3c(c2NC(=O)C(=O)NC[C@H](C)O)CSC3)c1. The van der Waals surface area contributed by atoms with Crippen LogP contribution in [0.1, 0.15) is 23.7 Å². The first kappa shape index (κ1) is 17.5. The van der Waals surface area contributed by atoms with Crippen LogP contribution < -0.4 is 10.6 Å². The van der Waals surface area contributed by atoms with Crippen LogP contribution >= 0.6 is 11.8 Å². The number of anilines is 1. The molecule has 1 atom stereocenters. The first-order valence-electron chi connectivity index (χ1n) is 7.98. The summed E-state index contributed by atoms with van der Waals surface area (Å²) in [5, 5.41) is 18.9. The van der Waals surface area contributed by atoms with Gasteiger partial charge in [-0.2, -0.15) is 16.9 Å². The summed E-state index contributed by atoms with van der Waals surface area (Å²) in [6, 6.07) is 7.79. The molecule has 0 fully saturated rings. The number of carbonyl (C=O) groups is 2. The Bertz CT molecular complexity index is 816. The Hall–Kier alpha value is -2.32. The highest BCUT2D eigenvalue weighted by Crippen LogP contribution is 2.36. The predicted octanol–water partition coefficient (Wildman–Crippen LogP) is 1.36. The number of aliphatic hydroxyl groups is 1. The molecule has 8 heteroatoms. The lowest BCUT2D eigenvalue weighted by molar-refractivity contribution is -0.136. The monoisotopic (exact) mass is 360 g/mol. The van der Waals surface area contributed by atoms with E-state index in [4.69, 9.17) is 0 Å². The van der Waals surface area contributed by atoms with Crippen LogP contribution in [0.4, 0.5) is 5.82 Å². The van der Waals surface area contributed by atoms with Gasteiger partial charge in [-0.1, -0.05) is 12.1 Å². The first-order valence-corrected chi connectivity index (χ1v) is 9.14.